The molecule has 42 heavy (non-hydrogen) atoms. The number of anilines is 2. The number of carbonyl (C=O) groups excluding carboxylic acids is 1. The van der Waals surface area contributed by atoms with Crippen molar-refractivity contribution in [3.05, 3.63) is 96.0 Å². The minimum atomic E-state index is -4.45. The number of aromatic nitrogens is 1. The minimum Gasteiger partial charge on any atom is -0.490 e. The first-order chi connectivity index (χ1) is 20.0. The zero-order valence-electron chi connectivity index (χ0n) is 21.8. The van der Waals surface area contributed by atoms with Crippen LogP contribution in [0.5, 0.6) is 11.5 Å². The summed E-state index contributed by atoms with van der Waals surface area (Å²) < 4.78 is 51.4. The summed E-state index contributed by atoms with van der Waals surface area (Å²) in [4.78, 5) is 16.7. The Hall–Kier alpha value is -3.07. The molecule has 0 spiro atoms. The fourth-order valence-corrected chi connectivity index (χ4v) is 5.55. The molecule has 4 rings (SSSR count). The van der Waals surface area contributed by atoms with Crippen LogP contribution in [0.15, 0.2) is 65.1 Å². The lowest BCUT2D eigenvalue weighted by molar-refractivity contribution is -0.137. The van der Waals surface area contributed by atoms with Gasteiger partial charge in [0.25, 0.3) is 0 Å². The zero-order chi connectivity index (χ0) is 30.3. The SMILES string of the molecule is CCOc1cc(/C=N\NC(=O)Cc2csc(Nc3cccc(C(F)(F)F)c3)n2)cc(I)c1OCc1ccc(Cl)cc1Cl. The van der Waals surface area contributed by atoms with Crippen LogP contribution < -0.4 is 20.2 Å². The van der Waals surface area contributed by atoms with Crippen molar-refractivity contribution in [2.45, 2.75) is 26.1 Å². The number of nitrogens with one attached hydrogen (secondary N) is 2. The molecule has 14 heteroatoms. The number of carbonyl (C=O) groups is 1. The number of hydrogen-bond acceptors (Lipinski definition) is 7. The first-order valence-electron chi connectivity index (χ1n) is 12.3. The number of hydrazone groups is 1. The summed E-state index contributed by atoms with van der Waals surface area (Å²) >= 11 is 15.5. The van der Waals surface area contributed by atoms with Gasteiger partial charge in [0.1, 0.15) is 6.61 Å². The molecule has 0 bridgehead atoms. The summed E-state index contributed by atoms with van der Waals surface area (Å²) in [5, 5.41) is 9.90. The summed E-state index contributed by atoms with van der Waals surface area (Å²) in [5.41, 5.74) is 3.81. The molecule has 0 atom stereocenters. The maximum Gasteiger partial charge on any atom is 0.416 e. The van der Waals surface area contributed by atoms with E-state index in [-0.39, 0.29) is 18.7 Å². The Morgan fingerprint density at radius 3 is 2.69 bits per heavy atom. The number of hydrogen-bond donors (Lipinski definition) is 2. The van der Waals surface area contributed by atoms with E-state index in [0.29, 0.717) is 44.5 Å². The maximum atomic E-state index is 13.0. The monoisotopic (exact) mass is 748 g/mol. The van der Waals surface area contributed by atoms with Gasteiger partial charge in [-0.2, -0.15) is 18.3 Å². The van der Waals surface area contributed by atoms with Gasteiger partial charge in [0.2, 0.25) is 5.91 Å². The largest absolute Gasteiger partial charge is 0.490 e. The van der Waals surface area contributed by atoms with Gasteiger partial charge in [0.15, 0.2) is 16.6 Å². The second-order valence-corrected chi connectivity index (χ2v) is 11.5. The third-order valence-corrected chi connectivity index (χ3v) is 7.65. The molecule has 2 N–H and O–H groups in total. The molecule has 0 aliphatic heterocycles. The van der Waals surface area contributed by atoms with E-state index < -0.39 is 17.6 Å². The summed E-state index contributed by atoms with van der Waals surface area (Å²) in [6.45, 7) is 2.47. The van der Waals surface area contributed by atoms with E-state index in [2.05, 4.69) is 43.4 Å². The summed E-state index contributed by atoms with van der Waals surface area (Å²) in [5.74, 6) is 0.634. The van der Waals surface area contributed by atoms with Crippen molar-refractivity contribution in [2.75, 3.05) is 11.9 Å². The number of rotatable bonds is 11. The smallest absolute Gasteiger partial charge is 0.416 e. The lowest BCUT2D eigenvalue weighted by Gasteiger charge is -2.15. The van der Waals surface area contributed by atoms with Crippen molar-refractivity contribution in [3.63, 3.8) is 0 Å². The second kappa shape index (κ2) is 14.4. The van der Waals surface area contributed by atoms with E-state index in [4.69, 9.17) is 32.7 Å². The van der Waals surface area contributed by atoms with Crippen molar-refractivity contribution in [2.24, 2.45) is 5.10 Å². The lowest BCUT2D eigenvalue weighted by atomic mass is 10.2. The third-order valence-electron chi connectivity index (χ3n) is 5.46. The van der Waals surface area contributed by atoms with Crippen molar-refractivity contribution >= 4 is 80.1 Å². The molecule has 7 nitrogen and oxygen atoms in total. The number of nitrogens with zero attached hydrogens (tertiary/aromatic N) is 2. The molecule has 0 unspecified atom stereocenters. The lowest BCUT2D eigenvalue weighted by Crippen LogP contribution is -2.20. The van der Waals surface area contributed by atoms with Crippen LogP contribution in [-0.2, 0) is 24.0 Å². The normalized spacial score (nSPS) is 11.5. The van der Waals surface area contributed by atoms with Crippen LogP contribution in [-0.4, -0.2) is 23.7 Å². The molecule has 1 amide bonds. The highest BCUT2D eigenvalue weighted by atomic mass is 127. The molecule has 0 aliphatic rings. The molecule has 0 radical (unpaired) electrons. The predicted octanol–water partition coefficient (Wildman–Crippen LogP) is 8.49. The Morgan fingerprint density at radius 1 is 1.14 bits per heavy atom. The Bertz CT molecular complexity index is 1600. The molecule has 0 fully saturated rings. The van der Waals surface area contributed by atoms with Crippen LogP contribution in [0.25, 0.3) is 0 Å². The van der Waals surface area contributed by atoms with Crippen LogP contribution >= 0.6 is 57.1 Å². The van der Waals surface area contributed by atoms with Gasteiger partial charge < -0.3 is 14.8 Å². The van der Waals surface area contributed by atoms with E-state index in [1.54, 1.807) is 29.6 Å². The number of ether oxygens (including phenoxy) is 2. The van der Waals surface area contributed by atoms with Gasteiger partial charge in [-0.05, 0) is 77.5 Å². The van der Waals surface area contributed by atoms with Gasteiger partial charge in [-0.25, -0.2) is 10.4 Å². The van der Waals surface area contributed by atoms with E-state index in [9.17, 15) is 18.0 Å². The summed E-state index contributed by atoms with van der Waals surface area (Å²) in [6, 6.07) is 13.5. The molecule has 3 aromatic carbocycles. The summed E-state index contributed by atoms with van der Waals surface area (Å²) in [6.07, 6.45) is -3.04. The van der Waals surface area contributed by atoms with Gasteiger partial charge in [-0.3, -0.25) is 4.79 Å². The highest BCUT2D eigenvalue weighted by molar-refractivity contribution is 14.1. The average Bonchev–Trinajstić information content (AvgIpc) is 3.35. The average molecular weight is 749 g/mol. The number of amides is 1. The Balaban J connectivity index is 1.35. The molecule has 0 saturated heterocycles. The van der Waals surface area contributed by atoms with E-state index in [1.165, 1.54) is 29.7 Å². The van der Waals surface area contributed by atoms with Crippen LogP contribution in [0, 0.1) is 3.57 Å². The fourth-order valence-electron chi connectivity index (χ4n) is 3.58. The first-order valence-corrected chi connectivity index (χ1v) is 15.0. The second-order valence-electron chi connectivity index (χ2n) is 8.60. The Kier molecular flexibility index (Phi) is 10.9. The van der Waals surface area contributed by atoms with Crippen molar-refractivity contribution in [1.82, 2.24) is 10.4 Å². The molecule has 220 valence electrons. The van der Waals surface area contributed by atoms with Crippen LogP contribution in [0.4, 0.5) is 24.0 Å². The van der Waals surface area contributed by atoms with Gasteiger partial charge >= 0.3 is 6.18 Å². The molecular formula is C28H22Cl2F3IN4O3S. The molecule has 1 heterocycles. The Labute approximate surface area is 267 Å². The third kappa shape index (κ3) is 8.96. The van der Waals surface area contributed by atoms with E-state index >= 15 is 0 Å². The maximum absolute atomic E-state index is 13.0. The fraction of sp³-hybridized carbons (Fsp3) is 0.179. The van der Waals surface area contributed by atoms with E-state index in [0.717, 1.165) is 21.3 Å². The number of halogens is 6. The van der Waals surface area contributed by atoms with Gasteiger partial charge in [0.05, 0.1) is 34.1 Å². The summed E-state index contributed by atoms with van der Waals surface area (Å²) in [7, 11) is 0. The van der Waals surface area contributed by atoms with E-state index in [1.807, 2.05) is 13.0 Å². The minimum absolute atomic E-state index is 0.0696. The van der Waals surface area contributed by atoms with Crippen molar-refractivity contribution < 1.29 is 27.4 Å². The zero-order valence-corrected chi connectivity index (χ0v) is 26.3. The van der Waals surface area contributed by atoms with Crippen molar-refractivity contribution in [3.8, 4) is 11.5 Å². The molecular weight excluding hydrogens is 727 g/mol. The van der Waals surface area contributed by atoms with Gasteiger partial charge in [-0.1, -0.05) is 35.3 Å². The quantitative estimate of drug-likeness (QED) is 0.0914. The first kappa shape index (κ1) is 31.9. The van der Waals surface area contributed by atoms with Gasteiger partial charge in [-0.15, -0.1) is 11.3 Å². The molecule has 4 aromatic rings. The van der Waals surface area contributed by atoms with Crippen LogP contribution in [0.3, 0.4) is 0 Å². The molecule has 1 aromatic heterocycles. The van der Waals surface area contributed by atoms with Crippen molar-refractivity contribution in [1.29, 1.82) is 0 Å². The van der Waals surface area contributed by atoms with Crippen LogP contribution in [0.2, 0.25) is 10.0 Å². The predicted molar refractivity (Wildman–Crippen MR) is 167 cm³/mol. The highest BCUT2D eigenvalue weighted by Gasteiger charge is 2.30. The Morgan fingerprint density at radius 2 is 1.95 bits per heavy atom. The van der Waals surface area contributed by atoms with Gasteiger partial charge in [0, 0.05) is 26.7 Å². The number of alkyl halides is 3. The number of benzene rings is 3. The topological polar surface area (TPSA) is 84.8 Å². The molecule has 0 saturated carbocycles. The highest BCUT2D eigenvalue weighted by Crippen LogP contribution is 2.35. The number of thiazole rings is 1. The van der Waals surface area contributed by atoms with Crippen LogP contribution in [0.1, 0.15) is 29.3 Å². The molecule has 0 aliphatic carbocycles. The standard InChI is InChI=1S/C28H22Cl2F3IN4O3S/c1-2-40-24-9-16(8-23(34)26(24)41-14-17-6-7-19(29)11-22(17)30)13-35-38-25(39)12-21-15-42-27(37-21)36-20-5-3-4-18(10-20)28(31,32)33/h3-11,13,15H,2,12,14H2,1H3,(H,36,37)(H,38,39)/b35-13-.